The molecule has 1 aromatic carbocycles. The highest BCUT2D eigenvalue weighted by Gasteiger charge is 2.13. The minimum atomic E-state index is -0.262. The van der Waals surface area contributed by atoms with E-state index in [1.807, 2.05) is 7.05 Å². The lowest BCUT2D eigenvalue weighted by molar-refractivity contribution is 0.183. The Morgan fingerprint density at radius 2 is 2.25 bits per heavy atom. The summed E-state index contributed by atoms with van der Waals surface area (Å²) in [6.45, 7) is 1.03. The predicted molar refractivity (Wildman–Crippen MR) is 59.6 cm³/mol. The largest absolute Gasteiger partial charge is 0.459 e. The molecule has 0 unspecified atom stereocenters. The van der Waals surface area contributed by atoms with Crippen molar-refractivity contribution in [3.05, 3.63) is 35.3 Å². The molecule has 0 saturated heterocycles. The quantitative estimate of drug-likeness (QED) is 0.864. The van der Waals surface area contributed by atoms with E-state index < -0.39 is 0 Å². The number of hydrogen-bond acceptors (Lipinski definition) is 3. The molecule has 16 heavy (non-hydrogen) atoms. The van der Waals surface area contributed by atoms with Gasteiger partial charge in [0.05, 0.1) is 13.2 Å². The van der Waals surface area contributed by atoms with Crippen molar-refractivity contribution in [1.29, 1.82) is 0 Å². The van der Waals surface area contributed by atoms with E-state index in [1.165, 1.54) is 12.1 Å². The molecule has 0 saturated carbocycles. The van der Waals surface area contributed by atoms with Gasteiger partial charge in [0.1, 0.15) is 17.2 Å². The maximum atomic E-state index is 13.2. The normalized spacial score (nSPS) is 11.2. The molecule has 0 aliphatic heterocycles. The molecule has 0 spiro atoms. The van der Waals surface area contributed by atoms with Gasteiger partial charge in [0.2, 0.25) is 0 Å². The highest BCUT2D eigenvalue weighted by atomic mass is 19.1. The van der Waals surface area contributed by atoms with Crippen molar-refractivity contribution in [3.63, 3.8) is 0 Å². The van der Waals surface area contributed by atoms with Gasteiger partial charge in [-0.3, -0.25) is 0 Å². The summed E-state index contributed by atoms with van der Waals surface area (Å²) in [5.41, 5.74) is 1.60. The predicted octanol–water partition coefficient (Wildman–Crippen LogP) is 2.44. The van der Waals surface area contributed by atoms with Crippen molar-refractivity contribution >= 4 is 11.0 Å². The van der Waals surface area contributed by atoms with Crippen LogP contribution in [0.4, 0.5) is 4.39 Å². The second-order valence-electron chi connectivity index (χ2n) is 3.61. The van der Waals surface area contributed by atoms with E-state index in [2.05, 4.69) is 5.32 Å². The average molecular weight is 223 g/mol. The molecule has 1 aromatic heterocycles. The van der Waals surface area contributed by atoms with Gasteiger partial charge in [-0.2, -0.15) is 0 Å². The molecule has 0 radical (unpaired) electrons. The Morgan fingerprint density at radius 3 is 2.94 bits per heavy atom. The summed E-state index contributed by atoms with van der Waals surface area (Å²) in [5, 5.41) is 3.80. The summed E-state index contributed by atoms with van der Waals surface area (Å²) in [6, 6.07) is 4.51. The minimum absolute atomic E-state index is 0.262. The van der Waals surface area contributed by atoms with Gasteiger partial charge in [0, 0.05) is 18.1 Å². The van der Waals surface area contributed by atoms with Crippen LogP contribution in [-0.4, -0.2) is 14.2 Å². The molecule has 4 heteroatoms. The van der Waals surface area contributed by atoms with E-state index >= 15 is 0 Å². The number of halogens is 1. The molecule has 2 aromatic rings. The lowest BCUT2D eigenvalue weighted by atomic mass is 10.1. The zero-order valence-electron chi connectivity index (χ0n) is 9.34. The standard InChI is InChI=1S/C12H14FNO2/c1-14-6-12-10(7-15-2)9-5-8(13)3-4-11(9)16-12/h3-5,14H,6-7H2,1-2H3. The zero-order valence-corrected chi connectivity index (χ0v) is 9.34. The SMILES string of the molecule is CNCc1oc2ccc(F)cc2c1COC. The van der Waals surface area contributed by atoms with Gasteiger partial charge >= 0.3 is 0 Å². The Labute approximate surface area is 93.2 Å². The molecule has 2 rings (SSSR count). The topological polar surface area (TPSA) is 34.4 Å². The first kappa shape index (κ1) is 11.1. The molecule has 0 atom stereocenters. The molecule has 86 valence electrons. The minimum Gasteiger partial charge on any atom is -0.459 e. The van der Waals surface area contributed by atoms with Gasteiger partial charge in [0.15, 0.2) is 0 Å². The summed E-state index contributed by atoms with van der Waals surface area (Å²) < 4.78 is 23.9. The van der Waals surface area contributed by atoms with Crippen molar-refractivity contribution in [3.8, 4) is 0 Å². The van der Waals surface area contributed by atoms with E-state index in [0.717, 1.165) is 16.7 Å². The van der Waals surface area contributed by atoms with Crippen LogP contribution in [0.3, 0.4) is 0 Å². The highest BCUT2D eigenvalue weighted by molar-refractivity contribution is 5.82. The molecule has 1 N–H and O–H groups in total. The van der Waals surface area contributed by atoms with E-state index in [0.29, 0.717) is 18.7 Å². The van der Waals surface area contributed by atoms with Crippen molar-refractivity contribution in [1.82, 2.24) is 5.32 Å². The van der Waals surface area contributed by atoms with E-state index in [-0.39, 0.29) is 5.82 Å². The summed E-state index contributed by atoms with van der Waals surface area (Å²) in [5.74, 6) is 0.534. The fourth-order valence-corrected chi connectivity index (χ4v) is 1.78. The average Bonchev–Trinajstić information content (AvgIpc) is 2.58. The number of methoxy groups -OCH3 is 1. The molecule has 3 nitrogen and oxygen atoms in total. The molecule has 0 bridgehead atoms. The number of rotatable bonds is 4. The maximum absolute atomic E-state index is 13.2. The third-order valence-corrected chi connectivity index (χ3v) is 2.46. The fraction of sp³-hybridized carbons (Fsp3) is 0.333. The molecular formula is C12H14FNO2. The van der Waals surface area contributed by atoms with Crippen molar-refractivity contribution in [2.45, 2.75) is 13.2 Å². The molecule has 0 fully saturated rings. The number of ether oxygens (including phenoxy) is 1. The Morgan fingerprint density at radius 1 is 1.44 bits per heavy atom. The number of hydrogen-bond donors (Lipinski definition) is 1. The van der Waals surface area contributed by atoms with Crippen LogP contribution in [0.5, 0.6) is 0 Å². The second kappa shape index (κ2) is 4.63. The first-order valence-corrected chi connectivity index (χ1v) is 5.09. The summed E-state index contributed by atoms with van der Waals surface area (Å²) in [4.78, 5) is 0. The molecule has 0 aliphatic rings. The Hall–Kier alpha value is -1.39. The highest BCUT2D eigenvalue weighted by Crippen LogP contribution is 2.27. The van der Waals surface area contributed by atoms with Crippen LogP contribution in [0.25, 0.3) is 11.0 Å². The van der Waals surface area contributed by atoms with Crippen LogP contribution < -0.4 is 5.32 Å². The van der Waals surface area contributed by atoms with Crippen LogP contribution in [0.2, 0.25) is 0 Å². The lowest BCUT2D eigenvalue weighted by Gasteiger charge is -2.00. The Bertz CT molecular complexity index is 493. The molecule has 1 heterocycles. The third-order valence-electron chi connectivity index (χ3n) is 2.46. The van der Waals surface area contributed by atoms with Crippen LogP contribution in [-0.2, 0) is 17.9 Å². The van der Waals surface area contributed by atoms with E-state index in [4.69, 9.17) is 9.15 Å². The van der Waals surface area contributed by atoms with E-state index in [9.17, 15) is 4.39 Å². The number of furan rings is 1. The smallest absolute Gasteiger partial charge is 0.134 e. The zero-order chi connectivity index (χ0) is 11.5. The van der Waals surface area contributed by atoms with Gasteiger partial charge in [-0.1, -0.05) is 0 Å². The maximum Gasteiger partial charge on any atom is 0.134 e. The molecule has 0 aliphatic carbocycles. The third kappa shape index (κ3) is 1.94. The Kier molecular flexibility index (Phi) is 3.22. The van der Waals surface area contributed by atoms with Crippen molar-refractivity contribution in [2.75, 3.05) is 14.2 Å². The van der Waals surface area contributed by atoms with Gasteiger partial charge < -0.3 is 14.5 Å². The van der Waals surface area contributed by atoms with Gasteiger partial charge in [-0.15, -0.1) is 0 Å². The molecule has 0 amide bonds. The van der Waals surface area contributed by atoms with Crippen LogP contribution >= 0.6 is 0 Å². The fourth-order valence-electron chi connectivity index (χ4n) is 1.78. The first-order valence-electron chi connectivity index (χ1n) is 5.09. The van der Waals surface area contributed by atoms with E-state index in [1.54, 1.807) is 13.2 Å². The summed E-state index contributed by atoms with van der Waals surface area (Å²) >= 11 is 0. The monoisotopic (exact) mass is 223 g/mol. The number of fused-ring (bicyclic) bond motifs is 1. The van der Waals surface area contributed by atoms with Crippen molar-refractivity contribution in [2.24, 2.45) is 0 Å². The van der Waals surface area contributed by atoms with Gasteiger partial charge in [-0.05, 0) is 25.2 Å². The second-order valence-corrected chi connectivity index (χ2v) is 3.61. The number of nitrogens with one attached hydrogen (secondary N) is 1. The first-order chi connectivity index (χ1) is 7.76. The van der Waals surface area contributed by atoms with Crippen molar-refractivity contribution < 1.29 is 13.5 Å². The molecular weight excluding hydrogens is 209 g/mol. The van der Waals surface area contributed by atoms with Gasteiger partial charge in [0.25, 0.3) is 0 Å². The number of benzene rings is 1. The van der Waals surface area contributed by atoms with Crippen LogP contribution in [0.1, 0.15) is 11.3 Å². The summed E-state index contributed by atoms with van der Waals surface area (Å²) in [7, 11) is 3.45. The van der Waals surface area contributed by atoms with Gasteiger partial charge in [-0.25, -0.2) is 4.39 Å². The summed E-state index contributed by atoms with van der Waals surface area (Å²) in [6.07, 6.45) is 0. The van der Waals surface area contributed by atoms with Crippen LogP contribution in [0, 0.1) is 5.82 Å². The Balaban J connectivity index is 2.57. The van der Waals surface area contributed by atoms with Crippen LogP contribution in [0.15, 0.2) is 22.6 Å². The lowest BCUT2D eigenvalue weighted by Crippen LogP contribution is -2.06.